The summed E-state index contributed by atoms with van der Waals surface area (Å²) in [7, 11) is -2.80. The molecule has 0 spiro atoms. The second kappa shape index (κ2) is 9.79. The van der Waals surface area contributed by atoms with Crippen LogP contribution in [0.3, 0.4) is 0 Å². The molecular weight excluding hydrogens is 246 g/mol. The number of rotatable bonds is 11. The summed E-state index contributed by atoms with van der Waals surface area (Å²) in [5, 5.41) is 3.56. The fourth-order valence-corrected chi connectivity index (χ4v) is 3.14. The van der Waals surface area contributed by atoms with E-state index >= 15 is 0 Å². The third-order valence-electron chi connectivity index (χ3n) is 3.50. The maximum absolute atomic E-state index is 11.5. The van der Waals surface area contributed by atoms with E-state index in [0.29, 0.717) is 17.7 Å². The molecule has 0 fully saturated rings. The Hall–Kier alpha value is -0.0900. The van der Waals surface area contributed by atoms with Crippen LogP contribution in [0.2, 0.25) is 0 Å². The van der Waals surface area contributed by atoms with Crippen LogP contribution in [0.25, 0.3) is 0 Å². The predicted molar refractivity (Wildman–Crippen MR) is 79.7 cm³/mol. The Morgan fingerprint density at radius 2 is 1.72 bits per heavy atom. The van der Waals surface area contributed by atoms with Gasteiger partial charge >= 0.3 is 0 Å². The summed E-state index contributed by atoms with van der Waals surface area (Å²) in [6, 6.07) is 0.469. The van der Waals surface area contributed by atoms with Crippen LogP contribution in [0.1, 0.15) is 59.8 Å². The van der Waals surface area contributed by atoms with E-state index in [-0.39, 0.29) is 5.75 Å². The Morgan fingerprint density at radius 1 is 1.06 bits per heavy atom. The van der Waals surface area contributed by atoms with Gasteiger partial charge in [0.25, 0.3) is 0 Å². The highest BCUT2D eigenvalue weighted by Crippen LogP contribution is 2.15. The Kier molecular flexibility index (Phi) is 9.74. The lowest BCUT2D eigenvalue weighted by Gasteiger charge is -2.25. The van der Waals surface area contributed by atoms with Crippen LogP contribution in [0.4, 0.5) is 0 Å². The highest BCUT2D eigenvalue weighted by molar-refractivity contribution is 7.91. The first-order valence-corrected chi connectivity index (χ1v) is 9.22. The van der Waals surface area contributed by atoms with Crippen molar-refractivity contribution in [2.24, 2.45) is 5.92 Å². The molecule has 0 aromatic carbocycles. The molecule has 0 saturated heterocycles. The monoisotopic (exact) mass is 277 g/mol. The number of hydrogen-bond donors (Lipinski definition) is 1. The van der Waals surface area contributed by atoms with Crippen LogP contribution in [0.15, 0.2) is 0 Å². The number of sulfone groups is 1. The Balaban J connectivity index is 4.15. The fraction of sp³-hybridized carbons (Fsp3) is 1.00. The maximum atomic E-state index is 11.5. The first-order chi connectivity index (χ1) is 8.46. The summed E-state index contributed by atoms with van der Waals surface area (Å²) < 4.78 is 22.9. The van der Waals surface area contributed by atoms with Crippen LogP contribution < -0.4 is 5.32 Å². The van der Waals surface area contributed by atoms with Crippen molar-refractivity contribution in [1.82, 2.24) is 5.32 Å². The molecule has 2 unspecified atom stereocenters. The molecule has 110 valence electrons. The first-order valence-electron chi connectivity index (χ1n) is 7.40. The van der Waals surface area contributed by atoms with E-state index in [2.05, 4.69) is 26.1 Å². The van der Waals surface area contributed by atoms with E-state index in [1.165, 1.54) is 12.8 Å². The van der Waals surface area contributed by atoms with Crippen molar-refractivity contribution in [2.75, 3.05) is 18.1 Å². The van der Waals surface area contributed by atoms with Gasteiger partial charge in [0.15, 0.2) is 0 Å². The van der Waals surface area contributed by atoms with Gasteiger partial charge in [0.2, 0.25) is 0 Å². The molecule has 0 rings (SSSR count). The van der Waals surface area contributed by atoms with E-state index in [9.17, 15) is 8.42 Å². The third-order valence-corrected chi connectivity index (χ3v) is 5.29. The van der Waals surface area contributed by atoms with Gasteiger partial charge in [-0.2, -0.15) is 0 Å². The molecule has 0 radical (unpaired) electrons. The van der Waals surface area contributed by atoms with Gasteiger partial charge in [-0.3, -0.25) is 0 Å². The average Bonchev–Trinajstić information content (AvgIpc) is 2.33. The zero-order valence-electron chi connectivity index (χ0n) is 12.5. The molecule has 1 N–H and O–H groups in total. The van der Waals surface area contributed by atoms with Gasteiger partial charge in [0, 0.05) is 11.8 Å². The zero-order valence-corrected chi connectivity index (χ0v) is 13.4. The quantitative estimate of drug-likeness (QED) is 0.631. The van der Waals surface area contributed by atoms with Gasteiger partial charge in [0.1, 0.15) is 9.84 Å². The Bertz CT molecular complexity index is 288. The summed E-state index contributed by atoms with van der Waals surface area (Å²) in [6.45, 7) is 9.39. The molecule has 0 aliphatic carbocycles. The molecule has 2 atom stereocenters. The van der Waals surface area contributed by atoms with Crippen molar-refractivity contribution >= 4 is 9.84 Å². The lowest BCUT2D eigenvalue weighted by molar-refractivity contribution is 0.335. The largest absolute Gasteiger partial charge is 0.314 e. The minimum absolute atomic E-state index is 0.268. The molecule has 0 amide bonds. The molecule has 0 saturated carbocycles. The van der Waals surface area contributed by atoms with Crippen LogP contribution in [0.5, 0.6) is 0 Å². The van der Waals surface area contributed by atoms with Crippen molar-refractivity contribution < 1.29 is 8.42 Å². The van der Waals surface area contributed by atoms with Crippen molar-refractivity contribution in [3.8, 4) is 0 Å². The van der Waals surface area contributed by atoms with Crippen molar-refractivity contribution in [3.05, 3.63) is 0 Å². The van der Waals surface area contributed by atoms with Crippen LogP contribution in [-0.2, 0) is 9.84 Å². The summed E-state index contributed by atoms with van der Waals surface area (Å²) in [5.41, 5.74) is 0. The van der Waals surface area contributed by atoms with E-state index in [0.717, 1.165) is 25.8 Å². The summed E-state index contributed by atoms with van der Waals surface area (Å²) >= 11 is 0. The van der Waals surface area contributed by atoms with Crippen LogP contribution in [0, 0.1) is 5.92 Å². The van der Waals surface area contributed by atoms with Crippen molar-refractivity contribution in [1.29, 1.82) is 0 Å². The average molecular weight is 277 g/mol. The van der Waals surface area contributed by atoms with Gasteiger partial charge in [-0.05, 0) is 38.1 Å². The van der Waals surface area contributed by atoms with E-state index < -0.39 is 9.84 Å². The number of hydrogen-bond acceptors (Lipinski definition) is 3. The minimum Gasteiger partial charge on any atom is -0.314 e. The standard InChI is InChI=1S/C14H31NO2S/c1-5-9-13(4)14(15-11-6-2)10-8-12-18(16,17)7-3/h13-15H,5-12H2,1-4H3. The molecule has 0 aliphatic heterocycles. The van der Waals surface area contributed by atoms with E-state index in [1.807, 2.05) is 0 Å². The van der Waals surface area contributed by atoms with E-state index in [1.54, 1.807) is 6.92 Å². The second-order valence-electron chi connectivity index (χ2n) is 5.21. The Labute approximate surface area is 114 Å². The highest BCUT2D eigenvalue weighted by Gasteiger charge is 2.17. The van der Waals surface area contributed by atoms with Crippen LogP contribution in [-0.4, -0.2) is 32.5 Å². The zero-order chi connectivity index (χ0) is 14.0. The smallest absolute Gasteiger partial charge is 0.150 e. The lowest BCUT2D eigenvalue weighted by Crippen LogP contribution is -2.36. The van der Waals surface area contributed by atoms with Gasteiger partial charge in [-0.15, -0.1) is 0 Å². The molecule has 3 nitrogen and oxygen atoms in total. The maximum Gasteiger partial charge on any atom is 0.150 e. The molecule has 0 bridgehead atoms. The summed E-state index contributed by atoms with van der Waals surface area (Å²) in [5.74, 6) is 1.24. The summed E-state index contributed by atoms with van der Waals surface area (Å²) in [6.07, 6.45) is 5.29. The van der Waals surface area contributed by atoms with E-state index in [4.69, 9.17) is 0 Å². The van der Waals surface area contributed by atoms with Gasteiger partial charge in [-0.1, -0.05) is 34.1 Å². The summed E-state index contributed by atoms with van der Waals surface area (Å²) in [4.78, 5) is 0. The molecule has 0 aromatic rings. The molecule has 0 aliphatic rings. The van der Waals surface area contributed by atoms with Gasteiger partial charge in [-0.25, -0.2) is 8.42 Å². The van der Waals surface area contributed by atoms with Crippen molar-refractivity contribution in [3.63, 3.8) is 0 Å². The molecule has 0 aromatic heterocycles. The van der Waals surface area contributed by atoms with Gasteiger partial charge < -0.3 is 5.32 Å². The first kappa shape index (κ1) is 17.9. The highest BCUT2D eigenvalue weighted by atomic mass is 32.2. The second-order valence-corrected chi connectivity index (χ2v) is 7.68. The molecule has 18 heavy (non-hydrogen) atoms. The fourth-order valence-electron chi connectivity index (χ4n) is 2.24. The lowest BCUT2D eigenvalue weighted by atomic mass is 9.93. The number of nitrogens with one attached hydrogen (secondary N) is 1. The van der Waals surface area contributed by atoms with Crippen molar-refractivity contribution in [2.45, 2.75) is 65.8 Å². The topological polar surface area (TPSA) is 46.2 Å². The Morgan fingerprint density at radius 3 is 2.22 bits per heavy atom. The molecule has 4 heteroatoms. The molecular formula is C14H31NO2S. The third kappa shape index (κ3) is 8.09. The normalized spacial score (nSPS) is 15.6. The van der Waals surface area contributed by atoms with Crippen LogP contribution >= 0.6 is 0 Å². The predicted octanol–water partition coefficient (Wildman–Crippen LogP) is 3.01. The minimum atomic E-state index is -2.80. The van der Waals surface area contributed by atoms with Gasteiger partial charge in [0.05, 0.1) is 5.75 Å². The molecule has 0 heterocycles. The SMILES string of the molecule is CCCNC(CCCS(=O)(=O)CC)C(C)CCC.